The number of aromatic nitrogens is 1. The first-order valence-electron chi connectivity index (χ1n) is 9.73. The second-order valence-electron chi connectivity index (χ2n) is 6.97. The van der Waals surface area contributed by atoms with Gasteiger partial charge in [0.05, 0.1) is 23.4 Å². The molecule has 2 aromatic carbocycles. The Labute approximate surface area is 188 Å². The molecule has 0 saturated heterocycles. The quantitative estimate of drug-likeness (QED) is 0.526. The minimum atomic E-state index is -1.86. The fourth-order valence-electron chi connectivity index (χ4n) is 3.54. The predicted octanol–water partition coefficient (Wildman–Crippen LogP) is 3.14. The van der Waals surface area contributed by atoms with Crippen LogP contribution in [-0.2, 0) is 15.2 Å². The van der Waals surface area contributed by atoms with Crippen molar-refractivity contribution in [2.75, 3.05) is 17.2 Å². The monoisotopic (exact) mass is 451 g/mol. The van der Waals surface area contributed by atoms with Gasteiger partial charge in [-0.3, -0.25) is 14.4 Å². The van der Waals surface area contributed by atoms with Crippen LogP contribution in [0.25, 0.3) is 0 Å². The number of carbonyl (C=O) groups excluding carboxylic acids is 3. The molecule has 1 atom stereocenters. The number of pyridine rings is 1. The van der Waals surface area contributed by atoms with E-state index in [9.17, 15) is 19.5 Å². The number of nitrogens with zero attached hydrogens (tertiary/aromatic N) is 1. The number of fused-ring (bicyclic) bond motifs is 2. The molecule has 1 unspecified atom stereocenters. The van der Waals surface area contributed by atoms with E-state index < -0.39 is 23.2 Å². The minimum Gasteiger partial charge on any atom is -0.478 e. The molecule has 3 aromatic rings. The summed E-state index contributed by atoms with van der Waals surface area (Å²) >= 11 is 5.99. The maximum Gasteiger partial charge on any atom is 0.296 e. The third kappa shape index (κ3) is 3.59. The molecule has 3 N–H and O–H groups in total. The Morgan fingerprint density at radius 1 is 1.00 bits per heavy atom. The van der Waals surface area contributed by atoms with Crippen molar-refractivity contribution in [3.8, 4) is 5.88 Å². The number of rotatable bonds is 3. The van der Waals surface area contributed by atoms with Gasteiger partial charge < -0.3 is 20.5 Å². The van der Waals surface area contributed by atoms with Gasteiger partial charge in [-0.25, -0.2) is 4.98 Å². The zero-order valence-electron chi connectivity index (χ0n) is 16.9. The van der Waals surface area contributed by atoms with E-state index in [4.69, 9.17) is 16.3 Å². The summed E-state index contributed by atoms with van der Waals surface area (Å²) in [4.78, 5) is 38.2. The van der Waals surface area contributed by atoms with Crippen molar-refractivity contribution < 1.29 is 24.2 Å². The number of aliphatic hydroxyl groups is 1. The average Bonchev–Trinajstić information content (AvgIpc) is 3.22. The fourth-order valence-corrected chi connectivity index (χ4v) is 3.71. The van der Waals surface area contributed by atoms with Crippen LogP contribution in [0, 0.1) is 0 Å². The third-order valence-electron chi connectivity index (χ3n) is 5.02. The molecule has 9 heteroatoms. The largest absolute Gasteiger partial charge is 0.478 e. The molecule has 0 saturated carbocycles. The highest BCUT2D eigenvalue weighted by molar-refractivity contribution is 6.51. The number of Topliss-reactive ketones (excluding diaryl/α,β-unsaturated/α-hetero) is 1. The number of nitrogens with one attached hydrogen (secondary N) is 2. The zero-order chi connectivity index (χ0) is 22.9. The molecule has 2 aliphatic rings. The van der Waals surface area contributed by atoms with Crippen LogP contribution in [0.5, 0.6) is 5.88 Å². The first-order valence-corrected chi connectivity index (χ1v) is 10.1. The van der Waals surface area contributed by atoms with Crippen molar-refractivity contribution in [1.82, 2.24) is 4.98 Å². The van der Waals surface area contributed by atoms with E-state index in [-0.39, 0.29) is 5.88 Å². The average molecular weight is 452 g/mol. The molecule has 0 aliphatic carbocycles. The van der Waals surface area contributed by atoms with Crippen LogP contribution in [0.1, 0.15) is 28.4 Å². The van der Waals surface area contributed by atoms with Crippen molar-refractivity contribution in [3.63, 3.8) is 0 Å². The normalized spacial score (nSPS) is 18.2. The van der Waals surface area contributed by atoms with Crippen molar-refractivity contribution in [2.24, 2.45) is 0 Å². The van der Waals surface area contributed by atoms with Gasteiger partial charge in [0.2, 0.25) is 11.5 Å². The maximum absolute atomic E-state index is 12.3. The summed E-state index contributed by atoms with van der Waals surface area (Å²) in [6, 6.07) is 15.0. The zero-order valence-corrected chi connectivity index (χ0v) is 17.6. The molecular weight excluding hydrogens is 434 g/mol. The molecule has 0 fully saturated rings. The first-order chi connectivity index (χ1) is 15.4. The highest BCUT2D eigenvalue weighted by Gasteiger charge is 2.49. The third-order valence-corrected chi connectivity index (χ3v) is 5.25. The van der Waals surface area contributed by atoms with Gasteiger partial charge in [-0.15, -0.1) is 0 Å². The van der Waals surface area contributed by atoms with Crippen molar-refractivity contribution >= 4 is 40.6 Å². The standard InChI is InChI=1S/C15H13ClN2O3.C8H5NO2/c1-2-21-13-10(4-3-7-17-13)15(20)11-8-9(16)5-6-12(11)18-14(15)19;10-7-5-3-1-2-4-6(5)9-8(7)11/h3-8,20H,2H2,1H3,(H,18,19);1-4H,(H,9,10,11). The number of hydrogen-bond acceptors (Lipinski definition) is 6. The van der Waals surface area contributed by atoms with E-state index in [1.165, 1.54) is 0 Å². The van der Waals surface area contributed by atoms with E-state index in [0.29, 0.717) is 39.7 Å². The molecule has 0 spiro atoms. The van der Waals surface area contributed by atoms with Crippen LogP contribution in [-0.4, -0.2) is 34.3 Å². The molecule has 0 bridgehead atoms. The number of hydrogen-bond donors (Lipinski definition) is 3. The number of ketones is 1. The molecule has 8 nitrogen and oxygen atoms in total. The van der Waals surface area contributed by atoms with Crippen LogP contribution in [0.4, 0.5) is 11.4 Å². The molecule has 5 rings (SSSR count). The van der Waals surface area contributed by atoms with Gasteiger partial charge >= 0.3 is 0 Å². The number of amides is 2. The van der Waals surface area contributed by atoms with Gasteiger partial charge in [-0.2, -0.15) is 0 Å². The fraction of sp³-hybridized carbons (Fsp3) is 0.130. The smallest absolute Gasteiger partial charge is 0.296 e. The van der Waals surface area contributed by atoms with E-state index in [1.807, 2.05) is 6.92 Å². The molecule has 0 radical (unpaired) electrons. The summed E-state index contributed by atoms with van der Waals surface area (Å²) < 4.78 is 5.42. The molecule has 162 valence electrons. The maximum atomic E-state index is 12.3. The predicted molar refractivity (Wildman–Crippen MR) is 118 cm³/mol. The summed E-state index contributed by atoms with van der Waals surface area (Å²) in [5, 5.41) is 16.6. The topological polar surface area (TPSA) is 118 Å². The van der Waals surface area contributed by atoms with Crippen LogP contribution < -0.4 is 15.4 Å². The molecule has 32 heavy (non-hydrogen) atoms. The van der Waals surface area contributed by atoms with Crippen LogP contribution >= 0.6 is 11.6 Å². The second-order valence-corrected chi connectivity index (χ2v) is 7.41. The molecular formula is C23H18ClN3O5. The Bertz CT molecular complexity index is 1250. The summed E-state index contributed by atoms with van der Waals surface area (Å²) in [7, 11) is 0. The van der Waals surface area contributed by atoms with Crippen LogP contribution in [0.2, 0.25) is 5.02 Å². The van der Waals surface area contributed by atoms with Gasteiger partial charge in [0.25, 0.3) is 17.6 Å². The highest BCUT2D eigenvalue weighted by Crippen LogP contribution is 2.44. The van der Waals surface area contributed by atoms with Crippen LogP contribution in [0.15, 0.2) is 60.8 Å². The molecule has 1 aromatic heterocycles. The number of para-hydroxylation sites is 1. The van der Waals surface area contributed by atoms with E-state index in [1.54, 1.807) is 60.8 Å². The van der Waals surface area contributed by atoms with E-state index >= 15 is 0 Å². The lowest BCUT2D eigenvalue weighted by molar-refractivity contribution is -0.129. The minimum absolute atomic E-state index is 0.227. The van der Waals surface area contributed by atoms with Gasteiger partial charge in [0.15, 0.2) is 0 Å². The lowest BCUT2D eigenvalue weighted by Crippen LogP contribution is -2.36. The number of ether oxygens (including phenoxy) is 1. The SMILES string of the molecule is CCOc1ncccc1C1(O)C(=O)Nc2ccc(Cl)cc21.O=C1Nc2ccccc2C1=O. The van der Waals surface area contributed by atoms with Crippen LogP contribution in [0.3, 0.4) is 0 Å². The van der Waals surface area contributed by atoms with Gasteiger partial charge in [0.1, 0.15) is 0 Å². The molecule has 2 aliphatic heterocycles. The van der Waals surface area contributed by atoms with Gasteiger partial charge in [0, 0.05) is 22.5 Å². The lowest BCUT2D eigenvalue weighted by Gasteiger charge is -2.23. The highest BCUT2D eigenvalue weighted by atomic mass is 35.5. The Morgan fingerprint density at radius 2 is 1.78 bits per heavy atom. The van der Waals surface area contributed by atoms with Crippen molar-refractivity contribution in [2.45, 2.75) is 12.5 Å². The summed E-state index contributed by atoms with van der Waals surface area (Å²) in [5.41, 5.74) is 0.441. The Kier molecular flexibility index (Phi) is 5.65. The Hall–Kier alpha value is -3.75. The van der Waals surface area contributed by atoms with Gasteiger partial charge in [-0.1, -0.05) is 23.7 Å². The number of halogens is 1. The summed E-state index contributed by atoms with van der Waals surface area (Å²) in [5.74, 6) is -1.30. The Balaban J connectivity index is 0.000000186. The summed E-state index contributed by atoms with van der Waals surface area (Å²) in [6.45, 7) is 2.19. The number of anilines is 2. The Morgan fingerprint density at radius 3 is 2.53 bits per heavy atom. The van der Waals surface area contributed by atoms with Crippen molar-refractivity contribution in [1.29, 1.82) is 0 Å². The van der Waals surface area contributed by atoms with Crippen molar-refractivity contribution in [3.05, 3.63) is 82.5 Å². The van der Waals surface area contributed by atoms with E-state index in [2.05, 4.69) is 15.6 Å². The lowest BCUT2D eigenvalue weighted by atomic mass is 9.88. The first kappa shape index (κ1) is 21.5. The van der Waals surface area contributed by atoms with E-state index in [0.717, 1.165) is 0 Å². The second kappa shape index (κ2) is 8.41. The summed E-state index contributed by atoms with van der Waals surface area (Å²) in [6.07, 6.45) is 1.55. The molecule has 3 heterocycles. The number of carbonyl (C=O) groups is 3. The number of benzene rings is 2. The van der Waals surface area contributed by atoms with Gasteiger partial charge in [-0.05, 0) is 49.4 Å². The molecule has 2 amide bonds.